The first-order chi connectivity index (χ1) is 15.6. The van der Waals surface area contributed by atoms with Crippen molar-refractivity contribution in [2.24, 2.45) is 0 Å². The van der Waals surface area contributed by atoms with Gasteiger partial charge in [0.2, 0.25) is 0 Å². The number of rotatable bonds is 3. The lowest BCUT2D eigenvalue weighted by Crippen LogP contribution is -2.67. The highest BCUT2D eigenvalue weighted by molar-refractivity contribution is 5.87. The van der Waals surface area contributed by atoms with Crippen molar-refractivity contribution < 1.29 is 32.3 Å². The van der Waals surface area contributed by atoms with E-state index in [1.54, 1.807) is 12.1 Å². The van der Waals surface area contributed by atoms with Crippen LogP contribution in [-0.2, 0) is 10.4 Å². The first-order valence-corrected chi connectivity index (χ1v) is 10.5. The number of amides is 3. The fourth-order valence-electron chi connectivity index (χ4n) is 4.78. The Labute approximate surface area is 187 Å². The number of nitrogens with one attached hydrogen (secondary N) is 2. The molecule has 0 aromatic heterocycles. The monoisotopic (exact) mass is 465 g/mol. The quantitative estimate of drug-likeness (QED) is 0.610. The summed E-state index contributed by atoms with van der Waals surface area (Å²) in [6, 6.07) is 11.7. The summed E-state index contributed by atoms with van der Waals surface area (Å²) >= 11 is 0. The fraction of sp³-hybridized carbons (Fsp3) is 0.391. The van der Waals surface area contributed by atoms with E-state index in [9.17, 15) is 32.3 Å². The van der Waals surface area contributed by atoms with Crippen LogP contribution in [0.25, 0.3) is 0 Å². The van der Waals surface area contributed by atoms with E-state index in [4.69, 9.17) is 0 Å². The molecule has 2 aromatic rings. The third kappa shape index (κ3) is 4.03. The van der Waals surface area contributed by atoms with E-state index in [1.807, 2.05) is 0 Å². The Morgan fingerprint density at radius 3 is 2.21 bits per heavy atom. The third-order valence-electron chi connectivity index (χ3n) is 6.62. The molecule has 0 unspecified atom stereocenters. The Morgan fingerprint density at radius 2 is 1.64 bits per heavy atom. The molecule has 33 heavy (non-hydrogen) atoms. The molecule has 2 fully saturated rings. The molecule has 2 heterocycles. The average Bonchev–Trinajstić information content (AvgIpc) is 2.79. The fourth-order valence-corrected chi connectivity index (χ4v) is 4.78. The van der Waals surface area contributed by atoms with Crippen LogP contribution >= 0.6 is 0 Å². The number of alkyl halides is 3. The molecule has 176 valence electrons. The number of benzene rings is 2. The van der Waals surface area contributed by atoms with Gasteiger partial charge in [-0.1, -0.05) is 42.5 Å². The van der Waals surface area contributed by atoms with Gasteiger partial charge in [-0.25, -0.2) is 9.18 Å². The van der Waals surface area contributed by atoms with E-state index in [1.165, 1.54) is 30.3 Å². The van der Waals surface area contributed by atoms with E-state index in [-0.39, 0.29) is 38.4 Å². The predicted octanol–water partition coefficient (Wildman–Crippen LogP) is 3.03. The van der Waals surface area contributed by atoms with Gasteiger partial charge in [-0.15, -0.1) is 0 Å². The molecule has 0 saturated carbocycles. The summed E-state index contributed by atoms with van der Waals surface area (Å²) in [6.45, 7) is 0.0754. The topological polar surface area (TPSA) is 81.7 Å². The second-order valence-corrected chi connectivity index (χ2v) is 8.46. The maximum Gasteiger partial charge on any atom is 0.430 e. The van der Waals surface area contributed by atoms with E-state index in [0.717, 1.165) is 22.6 Å². The predicted molar refractivity (Wildman–Crippen MR) is 111 cm³/mol. The average molecular weight is 465 g/mol. The van der Waals surface area contributed by atoms with Gasteiger partial charge in [0.15, 0.2) is 0 Å². The zero-order valence-electron chi connectivity index (χ0n) is 17.5. The molecule has 3 amide bonds. The highest BCUT2D eigenvalue weighted by Crippen LogP contribution is 2.43. The van der Waals surface area contributed by atoms with Gasteiger partial charge < -0.3 is 20.6 Å². The summed E-state index contributed by atoms with van der Waals surface area (Å²) in [5, 5.41) is 16.2. The number of halogens is 4. The summed E-state index contributed by atoms with van der Waals surface area (Å²) in [5.74, 6) is -2.13. The number of urea groups is 1. The van der Waals surface area contributed by atoms with Crippen LogP contribution in [0.4, 0.5) is 22.4 Å². The van der Waals surface area contributed by atoms with Crippen molar-refractivity contribution in [3.63, 3.8) is 0 Å². The zero-order valence-corrected chi connectivity index (χ0v) is 17.5. The van der Waals surface area contributed by atoms with Crippen molar-refractivity contribution >= 4 is 11.9 Å². The number of hydrogen-bond acceptors (Lipinski definition) is 3. The molecule has 4 rings (SSSR count). The van der Waals surface area contributed by atoms with Gasteiger partial charge in [-0.05, 0) is 30.5 Å². The molecular weight excluding hydrogens is 442 g/mol. The first-order valence-electron chi connectivity index (χ1n) is 10.5. The Hall–Kier alpha value is -3.14. The molecule has 0 aliphatic carbocycles. The molecule has 3 N–H and O–H groups in total. The minimum Gasteiger partial charge on any atom is -0.369 e. The minimum atomic E-state index is -5.22. The van der Waals surface area contributed by atoms with Crippen LogP contribution in [0, 0.1) is 5.82 Å². The molecule has 1 spiro atoms. The van der Waals surface area contributed by atoms with Crippen molar-refractivity contribution in [2.75, 3.05) is 19.6 Å². The van der Waals surface area contributed by atoms with Crippen LogP contribution in [0.5, 0.6) is 0 Å². The van der Waals surface area contributed by atoms with Gasteiger partial charge in [-0.2, -0.15) is 13.2 Å². The number of hydrogen-bond donors (Lipinski definition) is 3. The maximum atomic E-state index is 13.9. The van der Waals surface area contributed by atoms with Crippen LogP contribution in [0.2, 0.25) is 0 Å². The molecule has 2 aliphatic rings. The highest BCUT2D eigenvalue weighted by Gasteiger charge is 2.62. The van der Waals surface area contributed by atoms with Crippen molar-refractivity contribution in [1.82, 2.24) is 15.5 Å². The van der Waals surface area contributed by atoms with E-state index >= 15 is 0 Å². The standard InChI is InChI=1S/C23H23F4N3O3/c24-17-8-6-15(7-9-17)18-14-28-20(32)29-21(18)10-12-30(13-11-21)19(31)22(33,23(25,26)27)16-4-2-1-3-5-16/h1-9,18,33H,10-14H2,(H2,28,29,32)/t18-,22+/m0/s1. The number of carbonyl (C=O) groups excluding carboxylic acids is 2. The van der Waals surface area contributed by atoms with E-state index < -0.39 is 40.6 Å². The molecule has 0 radical (unpaired) electrons. The number of likely N-dealkylation sites (tertiary alicyclic amines) is 1. The lowest BCUT2D eigenvalue weighted by atomic mass is 9.71. The molecule has 10 heteroatoms. The van der Waals surface area contributed by atoms with Crippen LogP contribution in [0.15, 0.2) is 54.6 Å². The number of nitrogens with zero attached hydrogens (tertiary/aromatic N) is 1. The van der Waals surface area contributed by atoms with Gasteiger partial charge >= 0.3 is 12.2 Å². The Kier molecular flexibility index (Phi) is 5.81. The van der Waals surface area contributed by atoms with Gasteiger partial charge in [0, 0.05) is 31.1 Å². The van der Waals surface area contributed by atoms with Gasteiger partial charge in [-0.3, -0.25) is 4.79 Å². The van der Waals surface area contributed by atoms with Crippen molar-refractivity contribution in [3.05, 3.63) is 71.5 Å². The van der Waals surface area contributed by atoms with Gasteiger partial charge in [0.05, 0.1) is 5.54 Å². The van der Waals surface area contributed by atoms with Crippen LogP contribution in [-0.4, -0.2) is 53.3 Å². The maximum absolute atomic E-state index is 13.9. The number of carbonyl (C=O) groups is 2. The summed E-state index contributed by atoms with van der Waals surface area (Å²) in [6.07, 6.45) is -4.87. The second kappa shape index (κ2) is 8.33. The molecule has 2 aliphatic heterocycles. The Balaban J connectivity index is 1.59. The first kappa shape index (κ1) is 23.0. The molecule has 6 nitrogen and oxygen atoms in total. The molecule has 2 atom stereocenters. The zero-order chi connectivity index (χ0) is 23.9. The third-order valence-corrected chi connectivity index (χ3v) is 6.62. The highest BCUT2D eigenvalue weighted by atomic mass is 19.4. The van der Waals surface area contributed by atoms with Crippen molar-refractivity contribution in [2.45, 2.75) is 36.1 Å². The molecule has 0 bridgehead atoms. The van der Waals surface area contributed by atoms with Crippen molar-refractivity contribution in [1.29, 1.82) is 0 Å². The van der Waals surface area contributed by atoms with E-state index in [0.29, 0.717) is 0 Å². The summed E-state index contributed by atoms with van der Waals surface area (Å²) in [5.41, 5.74) is -4.28. The second-order valence-electron chi connectivity index (χ2n) is 8.46. The lowest BCUT2D eigenvalue weighted by molar-refractivity contribution is -0.262. The summed E-state index contributed by atoms with van der Waals surface area (Å²) < 4.78 is 55.1. The normalized spacial score (nSPS) is 22.3. The van der Waals surface area contributed by atoms with Gasteiger partial charge in [0.1, 0.15) is 5.82 Å². The summed E-state index contributed by atoms with van der Waals surface area (Å²) in [4.78, 5) is 26.1. The van der Waals surface area contributed by atoms with Crippen molar-refractivity contribution in [3.8, 4) is 0 Å². The Morgan fingerprint density at radius 1 is 1.03 bits per heavy atom. The van der Waals surface area contributed by atoms with Crippen LogP contribution < -0.4 is 10.6 Å². The van der Waals surface area contributed by atoms with E-state index in [2.05, 4.69) is 10.6 Å². The lowest BCUT2D eigenvalue weighted by Gasteiger charge is -2.50. The number of piperidine rings is 1. The van der Waals surface area contributed by atoms with Crippen LogP contribution in [0.3, 0.4) is 0 Å². The molecule has 2 saturated heterocycles. The summed E-state index contributed by atoms with van der Waals surface area (Å²) in [7, 11) is 0. The SMILES string of the molecule is O=C1NC[C@@H](c2ccc(F)cc2)C2(CCN(C(=O)[C@](O)(c3ccccc3)C(F)(F)F)CC2)N1. The largest absolute Gasteiger partial charge is 0.430 e. The minimum absolute atomic E-state index is 0.0952. The van der Waals surface area contributed by atoms with Gasteiger partial charge in [0.25, 0.3) is 11.5 Å². The van der Waals surface area contributed by atoms with Crippen LogP contribution in [0.1, 0.15) is 29.9 Å². The smallest absolute Gasteiger partial charge is 0.369 e. The Bertz CT molecular complexity index is 1020. The molecule has 2 aromatic carbocycles. The number of aliphatic hydroxyl groups is 1. The molecular formula is C23H23F4N3O3.